The van der Waals surface area contributed by atoms with E-state index in [9.17, 15) is 0 Å². The molecule has 0 aliphatic heterocycles. The molecule has 0 spiro atoms. The van der Waals surface area contributed by atoms with Crippen LogP contribution in [0.1, 0.15) is 83.1 Å². The van der Waals surface area contributed by atoms with E-state index in [1.165, 1.54) is 0 Å². The van der Waals surface area contributed by atoms with Crippen LogP contribution < -0.4 is 0 Å². The average molecular weight is 330 g/mol. The van der Waals surface area contributed by atoms with Crippen molar-refractivity contribution in [2.45, 2.75) is 100 Å². The molecule has 108 valence electrons. The van der Waals surface area contributed by atoms with E-state index in [2.05, 4.69) is 83.1 Å². The summed E-state index contributed by atoms with van der Waals surface area (Å²) in [4.78, 5) is 0. The van der Waals surface area contributed by atoms with Gasteiger partial charge in [-0.2, -0.15) is 0 Å². The first-order chi connectivity index (χ1) is 7.41. The molecule has 2 heteroatoms. The van der Waals surface area contributed by atoms with Gasteiger partial charge in [-0.3, -0.25) is 0 Å². The van der Waals surface area contributed by atoms with Crippen LogP contribution in [0, 0.1) is 0 Å². The van der Waals surface area contributed by atoms with Crippen LogP contribution in [0.4, 0.5) is 0 Å². The molecule has 0 bridgehead atoms. The second-order valence-electron chi connectivity index (χ2n) is 9.33. The fourth-order valence-corrected chi connectivity index (χ4v) is 9.13. The predicted molar refractivity (Wildman–Crippen MR) is 90.4 cm³/mol. The van der Waals surface area contributed by atoms with E-state index in [1.54, 1.807) is 0 Å². The molecule has 0 aliphatic rings. The Labute approximate surface area is 130 Å². The molecule has 0 aromatic heterocycles. The fourth-order valence-electron chi connectivity index (χ4n) is 2.31. The Morgan fingerprint density at radius 1 is 0.500 bits per heavy atom. The Bertz CT molecular complexity index is 167. The van der Waals surface area contributed by atoms with E-state index in [-0.39, 0.29) is 0 Å². The zero-order valence-corrected chi connectivity index (χ0v) is 18.1. The minimum absolute atomic E-state index is 0.479. The first-order valence-corrected chi connectivity index (χ1v) is 10.1. The molecule has 0 atom stereocenters. The molecule has 0 aromatic rings. The molecule has 0 aliphatic carbocycles. The predicted octanol–water partition coefficient (Wildman–Crippen LogP) is 6.25. The van der Waals surface area contributed by atoms with Crippen molar-refractivity contribution in [3.05, 3.63) is 0 Å². The third kappa shape index (κ3) is 25.8. The summed E-state index contributed by atoms with van der Waals surface area (Å²) in [6.07, 6.45) is 0. The van der Waals surface area contributed by atoms with E-state index in [4.69, 9.17) is 0 Å². The smallest absolute Gasteiger partial charge is 0.0901 e. The molecule has 0 N–H and O–H groups in total. The number of hydrogen-bond donors (Lipinski definition) is 0. The summed E-state index contributed by atoms with van der Waals surface area (Å²) in [5.74, 6) is 0. The molecular weight excluding hydrogens is 294 g/mol. The minimum atomic E-state index is 0.479. The van der Waals surface area contributed by atoms with E-state index >= 15 is 0 Å². The van der Waals surface area contributed by atoms with Crippen LogP contribution in [0.15, 0.2) is 0 Å². The molecule has 0 amide bonds. The van der Waals surface area contributed by atoms with Gasteiger partial charge in [-0.05, 0) is 0 Å². The summed E-state index contributed by atoms with van der Waals surface area (Å²) in [7, 11) is 0. The maximum absolute atomic E-state index is 2.33. The Balaban J connectivity index is 0. The van der Waals surface area contributed by atoms with Gasteiger partial charge in [-0.1, -0.05) is 50.1 Å². The minimum Gasteiger partial charge on any atom is -0.0901 e. The van der Waals surface area contributed by atoms with Gasteiger partial charge in [0, 0.05) is 0 Å². The summed E-state index contributed by atoms with van der Waals surface area (Å²) >= 11 is 1.05. The van der Waals surface area contributed by atoms with Gasteiger partial charge in [0.1, 0.15) is 0 Å². The monoisotopic (exact) mass is 330 g/mol. The second-order valence-corrected chi connectivity index (χ2v) is 19.2. The van der Waals surface area contributed by atoms with E-state index < -0.39 is 0 Å². The molecular formula is C16H36AlAs. The summed E-state index contributed by atoms with van der Waals surface area (Å²) in [5, 5.41) is 0. The van der Waals surface area contributed by atoms with Gasteiger partial charge < -0.3 is 0 Å². The summed E-state index contributed by atoms with van der Waals surface area (Å²) < 4.78 is 2.29. The van der Waals surface area contributed by atoms with Crippen molar-refractivity contribution in [3.8, 4) is 0 Å². The number of rotatable bonds is 0. The first-order valence-electron chi connectivity index (χ1n) is 7.02. The maximum atomic E-state index is 2.33. The SMILES string of the molecule is CC(C)(C)[As]C(C)(C)C.C[C](C)(C)[Al][C](C)(C)C. The van der Waals surface area contributed by atoms with Crippen LogP contribution in [0.25, 0.3) is 0 Å². The van der Waals surface area contributed by atoms with E-state index in [1.807, 2.05) is 0 Å². The van der Waals surface area contributed by atoms with Crippen molar-refractivity contribution in [2.24, 2.45) is 0 Å². The van der Waals surface area contributed by atoms with Gasteiger partial charge in [0.25, 0.3) is 0 Å². The molecule has 0 saturated carbocycles. The van der Waals surface area contributed by atoms with Crippen LogP contribution in [0.5, 0.6) is 0 Å². The molecule has 0 saturated heterocycles. The molecule has 0 nitrogen and oxygen atoms in total. The van der Waals surface area contributed by atoms with Crippen molar-refractivity contribution in [3.63, 3.8) is 0 Å². The van der Waals surface area contributed by atoms with Crippen molar-refractivity contribution in [1.29, 1.82) is 0 Å². The molecule has 2 radical (unpaired) electrons. The second kappa shape index (κ2) is 7.20. The summed E-state index contributed by atoms with van der Waals surface area (Å²) in [6.45, 7) is 28.0. The summed E-state index contributed by atoms with van der Waals surface area (Å²) in [6, 6.07) is 0. The Kier molecular flexibility index (Phi) is 8.56. The Hall–Kier alpha value is 1.09. The topological polar surface area (TPSA) is 0 Å². The van der Waals surface area contributed by atoms with Crippen LogP contribution in [0.2, 0.25) is 17.0 Å². The molecule has 0 aromatic carbocycles. The van der Waals surface area contributed by atoms with Crippen LogP contribution in [-0.2, 0) is 0 Å². The molecule has 18 heavy (non-hydrogen) atoms. The summed E-state index contributed by atoms with van der Waals surface area (Å²) in [5.41, 5.74) is 0. The maximum Gasteiger partial charge on any atom is 0.218 e. The van der Waals surface area contributed by atoms with Gasteiger partial charge in [-0.25, -0.2) is 0 Å². The van der Waals surface area contributed by atoms with E-state index in [0.29, 0.717) is 47.9 Å². The van der Waals surface area contributed by atoms with Gasteiger partial charge in [0.2, 0.25) is 15.2 Å². The zero-order valence-electron chi connectivity index (χ0n) is 15.0. The van der Waals surface area contributed by atoms with E-state index in [0.717, 1.165) is 0 Å². The average Bonchev–Trinajstić information content (AvgIpc) is 1.64. The molecule has 0 heterocycles. The molecule has 0 fully saturated rings. The first kappa shape index (κ1) is 21.4. The largest absolute Gasteiger partial charge is 0.218 e. The standard InChI is InChI=1S/C8H18As.2C4H9.Al/c1-7(2,3)9-8(4,5)6;2*1-4(2)3;/h1-6H3;2*1-3H3;. The quantitative estimate of drug-likeness (QED) is 0.460. The fraction of sp³-hybridized carbons (Fsp3) is 1.00. The zero-order chi connectivity index (χ0) is 15.4. The van der Waals surface area contributed by atoms with Crippen molar-refractivity contribution >= 4 is 31.0 Å². The van der Waals surface area contributed by atoms with Gasteiger partial charge in [-0.15, -0.1) is 0 Å². The third-order valence-corrected chi connectivity index (χ3v) is 6.08. The third-order valence-electron chi connectivity index (χ3n) is 1.54. The Morgan fingerprint density at radius 2 is 0.722 bits per heavy atom. The molecule has 0 rings (SSSR count). The van der Waals surface area contributed by atoms with Gasteiger partial charge in [0.15, 0.2) is 0 Å². The van der Waals surface area contributed by atoms with Crippen LogP contribution in [0.3, 0.4) is 0 Å². The normalized spacial score (nSPS) is 13.8. The van der Waals surface area contributed by atoms with Crippen molar-refractivity contribution in [2.75, 3.05) is 0 Å². The number of hydrogen-bond acceptors (Lipinski definition) is 0. The van der Waals surface area contributed by atoms with Crippen LogP contribution in [-0.4, -0.2) is 31.0 Å². The van der Waals surface area contributed by atoms with Crippen molar-refractivity contribution in [1.82, 2.24) is 0 Å². The van der Waals surface area contributed by atoms with Gasteiger partial charge in [0.05, 0.1) is 0 Å². The van der Waals surface area contributed by atoms with Crippen LogP contribution >= 0.6 is 0 Å². The molecule has 0 unspecified atom stereocenters. The van der Waals surface area contributed by atoms with Gasteiger partial charge >= 0.3 is 65.7 Å². The van der Waals surface area contributed by atoms with Crippen molar-refractivity contribution < 1.29 is 0 Å². The Morgan fingerprint density at radius 3 is 0.722 bits per heavy atom.